The SMILES string of the molecule is [2H]C([2H])([2H])N1CN(c2cccc(C(c3ccccc3)(c3ccccc3)c3ccc4c5ccccc5n(-c5cc(-c6ccccc6)ccn5)c4c3)c2)c2ccccc21. The summed E-state index contributed by atoms with van der Waals surface area (Å²) in [5.41, 5.74) is 10.5. The van der Waals surface area contributed by atoms with Crippen LogP contribution in [-0.2, 0) is 5.41 Å². The molecule has 4 nitrogen and oxygen atoms in total. The van der Waals surface area contributed by atoms with E-state index in [9.17, 15) is 0 Å². The fourth-order valence-electron chi connectivity index (χ4n) is 8.52. The van der Waals surface area contributed by atoms with Crippen molar-refractivity contribution in [1.29, 1.82) is 0 Å². The first kappa shape index (κ1) is 28.6. The molecular formula is C50H38N4. The van der Waals surface area contributed by atoms with Gasteiger partial charge in [-0.2, -0.15) is 0 Å². The summed E-state index contributed by atoms with van der Waals surface area (Å²) in [6.07, 6.45) is 1.90. The highest BCUT2D eigenvalue weighted by Crippen LogP contribution is 2.48. The van der Waals surface area contributed by atoms with E-state index in [1.54, 1.807) is 0 Å². The Kier molecular flexibility index (Phi) is 6.87. The Hall–Kier alpha value is -6.91. The standard InChI is InChI=1S/C50H38N4/c1-52-35-53(47-27-14-13-26-46(47)52)42-23-15-22-40(33-42)50(38-18-7-3-8-19-38,39-20-9-4-10-21-39)41-28-29-44-43-24-11-12-25-45(43)54(48(44)34-41)49-32-37(30-31-51-49)36-16-5-2-6-17-36/h2-34H,35H2,1H3/i1D3. The number of hydrogen-bond donors (Lipinski definition) is 0. The Morgan fingerprint density at radius 2 is 1.13 bits per heavy atom. The van der Waals surface area contributed by atoms with Gasteiger partial charge < -0.3 is 9.80 Å². The van der Waals surface area contributed by atoms with Gasteiger partial charge in [0, 0.05) is 33.7 Å². The van der Waals surface area contributed by atoms with Crippen LogP contribution in [0.4, 0.5) is 17.1 Å². The molecule has 0 unspecified atom stereocenters. The second-order valence-electron chi connectivity index (χ2n) is 13.9. The highest BCUT2D eigenvalue weighted by atomic mass is 15.4. The van der Waals surface area contributed by atoms with Crippen molar-refractivity contribution in [3.05, 3.63) is 223 Å². The lowest BCUT2D eigenvalue weighted by Gasteiger charge is -2.37. The number of rotatable bonds is 7. The van der Waals surface area contributed by atoms with E-state index in [0.29, 0.717) is 5.69 Å². The van der Waals surface area contributed by atoms with Gasteiger partial charge in [0.25, 0.3) is 0 Å². The van der Waals surface area contributed by atoms with E-state index >= 15 is 0 Å². The van der Waals surface area contributed by atoms with Crippen LogP contribution in [0.1, 0.15) is 26.4 Å². The highest BCUT2D eigenvalue weighted by molar-refractivity contribution is 6.09. The smallest absolute Gasteiger partial charge is 0.138 e. The molecule has 0 amide bonds. The quantitative estimate of drug-likeness (QED) is 0.155. The van der Waals surface area contributed by atoms with E-state index in [-0.39, 0.29) is 6.67 Å². The lowest BCUT2D eigenvalue weighted by Crippen LogP contribution is -2.31. The van der Waals surface area contributed by atoms with Gasteiger partial charge in [-0.15, -0.1) is 0 Å². The number of benzene rings is 7. The number of pyridine rings is 1. The van der Waals surface area contributed by atoms with Crippen LogP contribution in [0.15, 0.2) is 200 Å². The topological polar surface area (TPSA) is 24.3 Å². The van der Waals surface area contributed by atoms with E-state index in [4.69, 9.17) is 9.10 Å². The van der Waals surface area contributed by atoms with E-state index in [1.165, 1.54) is 4.90 Å². The zero-order valence-electron chi connectivity index (χ0n) is 32.5. The molecule has 0 atom stereocenters. The number of nitrogens with zero attached hydrogens (tertiary/aromatic N) is 4. The fraction of sp³-hybridized carbons (Fsp3) is 0.0600. The van der Waals surface area contributed by atoms with Crippen molar-refractivity contribution in [2.75, 3.05) is 23.4 Å². The first-order valence-electron chi connectivity index (χ1n) is 19.8. The number of hydrogen-bond acceptors (Lipinski definition) is 3. The molecule has 0 spiro atoms. The average molecular weight is 698 g/mol. The van der Waals surface area contributed by atoms with Crippen LogP contribution in [0, 0.1) is 0 Å². The minimum Gasteiger partial charge on any atom is -0.355 e. The van der Waals surface area contributed by atoms with E-state index in [1.807, 2.05) is 36.5 Å². The van der Waals surface area contributed by atoms with Crippen molar-refractivity contribution in [2.24, 2.45) is 0 Å². The Morgan fingerprint density at radius 3 is 1.89 bits per heavy atom. The molecule has 4 heteroatoms. The van der Waals surface area contributed by atoms with Crippen molar-refractivity contribution < 1.29 is 4.11 Å². The lowest BCUT2D eigenvalue weighted by atomic mass is 9.65. The van der Waals surface area contributed by atoms with Crippen molar-refractivity contribution >= 4 is 38.9 Å². The summed E-state index contributed by atoms with van der Waals surface area (Å²) >= 11 is 0. The van der Waals surface area contributed by atoms with Crippen LogP contribution in [0.2, 0.25) is 0 Å². The van der Waals surface area contributed by atoms with Gasteiger partial charge in [-0.05, 0) is 81.9 Å². The lowest BCUT2D eigenvalue weighted by molar-refractivity contribution is 0.745. The average Bonchev–Trinajstić information content (AvgIpc) is 3.82. The maximum Gasteiger partial charge on any atom is 0.138 e. The zero-order valence-corrected chi connectivity index (χ0v) is 29.5. The second kappa shape index (κ2) is 12.9. The van der Waals surface area contributed by atoms with Crippen LogP contribution in [0.5, 0.6) is 0 Å². The van der Waals surface area contributed by atoms with Gasteiger partial charge in [-0.3, -0.25) is 4.57 Å². The van der Waals surface area contributed by atoms with Gasteiger partial charge in [0.15, 0.2) is 0 Å². The first-order chi connectivity index (χ1) is 27.9. The number of anilines is 3. The summed E-state index contributed by atoms with van der Waals surface area (Å²) in [4.78, 5) is 8.60. The van der Waals surface area contributed by atoms with Crippen molar-refractivity contribution in [1.82, 2.24) is 9.55 Å². The summed E-state index contributed by atoms with van der Waals surface area (Å²) in [5, 5.41) is 2.30. The Labute approximate surface area is 320 Å². The Morgan fingerprint density at radius 1 is 0.500 bits per heavy atom. The number of aromatic nitrogens is 2. The second-order valence-corrected chi connectivity index (χ2v) is 13.9. The third kappa shape index (κ3) is 5.02. The molecule has 0 fully saturated rings. The van der Waals surface area contributed by atoms with Crippen LogP contribution in [0.25, 0.3) is 38.8 Å². The number of para-hydroxylation sites is 3. The van der Waals surface area contributed by atoms with Crippen LogP contribution >= 0.6 is 0 Å². The molecule has 7 aromatic carbocycles. The molecule has 0 N–H and O–H groups in total. The molecule has 0 radical (unpaired) electrons. The molecule has 0 saturated carbocycles. The summed E-state index contributed by atoms with van der Waals surface area (Å²) in [5.74, 6) is 0.846. The Balaban J connectivity index is 1.24. The molecule has 54 heavy (non-hydrogen) atoms. The first-order valence-corrected chi connectivity index (χ1v) is 18.3. The summed E-state index contributed by atoms with van der Waals surface area (Å²) < 4.78 is 27.4. The van der Waals surface area contributed by atoms with Gasteiger partial charge in [0.05, 0.1) is 34.5 Å². The summed E-state index contributed by atoms with van der Waals surface area (Å²) in [6.45, 7) is -2.08. The molecule has 10 rings (SSSR count). The molecular weight excluding hydrogens is 657 g/mol. The maximum atomic E-state index is 8.36. The van der Waals surface area contributed by atoms with Gasteiger partial charge in [0.1, 0.15) is 5.82 Å². The van der Waals surface area contributed by atoms with Gasteiger partial charge in [0.2, 0.25) is 0 Å². The largest absolute Gasteiger partial charge is 0.355 e. The van der Waals surface area contributed by atoms with Crippen molar-refractivity contribution in [3.63, 3.8) is 0 Å². The molecule has 2 aromatic heterocycles. The van der Waals surface area contributed by atoms with E-state index < -0.39 is 12.4 Å². The van der Waals surface area contributed by atoms with Crippen LogP contribution in [-0.4, -0.2) is 23.2 Å². The van der Waals surface area contributed by atoms with Crippen LogP contribution < -0.4 is 9.80 Å². The molecule has 0 aliphatic carbocycles. The molecule has 258 valence electrons. The molecule has 1 aliphatic heterocycles. The van der Waals surface area contributed by atoms with E-state index in [2.05, 4.69) is 173 Å². The highest BCUT2D eigenvalue weighted by Gasteiger charge is 2.39. The summed E-state index contributed by atoms with van der Waals surface area (Å²) in [6, 6.07) is 67.9. The van der Waals surface area contributed by atoms with Crippen LogP contribution in [0.3, 0.4) is 0 Å². The summed E-state index contributed by atoms with van der Waals surface area (Å²) in [7, 11) is 0. The van der Waals surface area contributed by atoms with Crippen molar-refractivity contribution in [3.8, 4) is 16.9 Å². The van der Waals surface area contributed by atoms with E-state index in [0.717, 1.165) is 72.4 Å². The van der Waals surface area contributed by atoms with Crippen molar-refractivity contribution in [2.45, 2.75) is 5.41 Å². The molecule has 9 aromatic rings. The molecule has 3 heterocycles. The van der Waals surface area contributed by atoms with Gasteiger partial charge in [-0.25, -0.2) is 4.98 Å². The minimum atomic E-state index is -2.29. The number of fused-ring (bicyclic) bond motifs is 4. The Bertz CT molecular complexity index is 2850. The van der Waals surface area contributed by atoms with Gasteiger partial charge in [-0.1, -0.05) is 146 Å². The predicted octanol–water partition coefficient (Wildman–Crippen LogP) is 11.8. The minimum absolute atomic E-state index is 0.212. The predicted molar refractivity (Wildman–Crippen MR) is 224 cm³/mol. The maximum absolute atomic E-state index is 8.36. The normalized spacial score (nSPS) is 13.8. The van der Waals surface area contributed by atoms with Gasteiger partial charge >= 0.3 is 0 Å². The third-order valence-corrected chi connectivity index (χ3v) is 10.9. The zero-order chi connectivity index (χ0) is 38.6. The monoisotopic (exact) mass is 697 g/mol. The fourth-order valence-corrected chi connectivity index (χ4v) is 8.52. The molecule has 1 aliphatic rings. The molecule has 0 saturated heterocycles. The third-order valence-electron chi connectivity index (χ3n) is 10.9. The molecule has 0 bridgehead atoms.